The third-order valence-corrected chi connectivity index (χ3v) is 2.90. The summed E-state index contributed by atoms with van der Waals surface area (Å²) in [6.07, 6.45) is 1.42. The van der Waals surface area contributed by atoms with Crippen LogP contribution < -0.4 is 5.73 Å². The summed E-state index contributed by atoms with van der Waals surface area (Å²) in [5.41, 5.74) is 5.42. The topological polar surface area (TPSA) is 76.5 Å². The number of carbonyl (C=O) groups is 1. The lowest BCUT2D eigenvalue weighted by atomic mass is 10.2. The van der Waals surface area contributed by atoms with E-state index in [0.717, 1.165) is 12.2 Å². The van der Waals surface area contributed by atoms with E-state index in [0.29, 0.717) is 17.6 Å². The summed E-state index contributed by atoms with van der Waals surface area (Å²) in [5, 5.41) is 8.65. The monoisotopic (exact) mass is 209 g/mol. The van der Waals surface area contributed by atoms with E-state index >= 15 is 0 Å². The predicted octanol–water partition coefficient (Wildman–Crippen LogP) is 1.36. The Kier molecular flexibility index (Phi) is 2.52. The highest BCUT2D eigenvalue weighted by atomic mass is 16.4. The molecule has 1 heterocycles. The van der Waals surface area contributed by atoms with Crippen molar-refractivity contribution >= 4 is 5.97 Å². The minimum Gasteiger partial charge on any atom is -0.480 e. The van der Waals surface area contributed by atoms with E-state index in [1.54, 1.807) is 0 Å². The summed E-state index contributed by atoms with van der Waals surface area (Å²) < 4.78 is 5.56. The lowest BCUT2D eigenvalue weighted by Gasteiger charge is -2.02. The summed E-state index contributed by atoms with van der Waals surface area (Å²) in [6.45, 7) is 2.18. The Morgan fingerprint density at radius 3 is 2.93 bits per heavy atom. The van der Waals surface area contributed by atoms with E-state index < -0.39 is 12.0 Å². The number of nitrogens with two attached hydrogens (primary N) is 1. The van der Waals surface area contributed by atoms with Gasteiger partial charge in [-0.25, -0.2) is 0 Å². The molecule has 0 aromatic carbocycles. The van der Waals surface area contributed by atoms with Crippen LogP contribution in [0.5, 0.6) is 0 Å². The first-order valence-corrected chi connectivity index (χ1v) is 5.15. The van der Waals surface area contributed by atoms with E-state index in [2.05, 4.69) is 6.92 Å². The van der Waals surface area contributed by atoms with Gasteiger partial charge in [0.15, 0.2) is 0 Å². The summed E-state index contributed by atoms with van der Waals surface area (Å²) >= 11 is 0. The van der Waals surface area contributed by atoms with E-state index in [4.69, 9.17) is 15.3 Å². The van der Waals surface area contributed by atoms with E-state index in [9.17, 15) is 4.79 Å². The summed E-state index contributed by atoms with van der Waals surface area (Å²) in [5.74, 6) is 1.86. The molecule has 1 aromatic rings. The molecular formula is C11H15NO3. The molecule has 82 valence electrons. The molecule has 2 rings (SSSR count). The van der Waals surface area contributed by atoms with Crippen LogP contribution in [-0.2, 0) is 11.2 Å². The van der Waals surface area contributed by atoms with E-state index in [1.165, 1.54) is 0 Å². The largest absolute Gasteiger partial charge is 0.480 e. The average Bonchev–Trinajstić information content (AvgIpc) is 2.73. The predicted molar refractivity (Wildman–Crippen MR) is 54.5 cm³/mol. The third kappa shape index (κ3) is 2.21. The Hall–Kier alpha value is -1.29. The highest BCUT2D eigenvalue weighted by Gasteiger charge is 2.36. The van der Waals surface area contributed by atoms with Crippen LogP contribution in [0.3, 0.4) is 0 Å². The zero-order chi connectivity index (χ0) is 11.0. The molecule has 1 saturated carbocycles. The molecule has 0 spiro atoms. The van der Waals surface area contributed by atoms with Crippen LogP contribution in [0.2, 0.25) is 0 Å². The molecule has 3 N–H and O–H groups in total. The van der Waals surface area contributed by atoms with Gasteiger partial charge >= 0.3 is 5.97 Å². The van der Waals surface area contributed by atoms with Crippen LogP contribution >= 0.6 is 0 Å². The zero-order valence-corrected chi connectivity index (χ0v) is 8.64. The first-order valence-electron chi connectivity index (χ1n) is 5.15. The van der Waals surface area contributed by atoms with Crippen LogP contribution in [0.1, 0.15) is 30.8 Å². The number of hydrogen-bond donors (Lipinski definition) is 2. The number of aliphatic carboxylic acids is 1. The molecular weight excluding hydrogens is 194 g/mol. The molecule has 3 unspecified atom stereocenters. The molecule has 0 radical (unpaired) electrons. The van der Waals surface area contributed by atoms with Crippen LogP contribution in [0.25, 0.3) is 0 Å². The molecule has 1 fully saturated rings. The van der Waals surface area contributed by atoms with E-state index in [-0.39, 0.29) is 6.42 Å². The Balaban J connectivity index is 1.98. The Labute approximate surface area is 88.1 Å². The van der Waals surface area contributed by atoms with Gasteiger partial charge < -0.3 is 15.3 Å². The molecule has 4 heteroatoms. The van der Waals surface area contributed by atoms with Crippen LogP contribution in [-0.4, -0.2) is 17.1 Å². The number of carboxylic acid groups (broad SMARTS) is 1. The smallest absolute Gasteiger partial charge is 0.320 e. The summed E-state index contributed by atoms with van der Waals surface area (Å²) in [6, 6.07) is 2.88. The maximum Gasteiger partial charge on any atom is 0.320 e. The van der Waals surface area contributed by atoms with Crippen LogP contribution in [0, 0.1) is 5.92 Å². The van der Waals surface area contributed by atoms with Crippen molar-refractivity contribution in [3.05, 3.63) is 23.7 Å². The quantitative estimate of drug-likeness (QED) is 0.784. The van der Waals surface area contributed by atoms with Crippen molar-refractivity contribution in [2.45, 2.75) is 31.7 Å². The second-order valence-corrected chi connectivity index (χ2v) is 4.27. The van der Waals surface area contributed by atoms with Crippen molar-refractivity contribution in [3.63, 3.8) is 0 Å². The second-order valence-electron chi connectivity index (χ2n) is 4.27. The highest BCUT2D eigenvalue weighted by Crippen LogP contribution is 2.47. The minimum absolute atomic E-state index is 0.260. The van der Waals surface area contributed by atoms with Crippen LogP contribution in [0.4, 0.5) is 0 Å². The van der Waals surface area contributed by atoms with Gasteiger partial charge in [-0.05, 0) is 24.5 Å². The van der Waals surface area contributed by atoms with Crippen molar-refractivity contribution in [3.8, 4) is 0 Å². The Bertz CT molecular complexity index is 372. The maximum atomic E-state index is 10.5. The van der Waals surface area contributed by atoms with Gasteiger partial charge in [-0.1, -0.05) is 6.92 Å². The molecule has 4 nitrogen and oxygen atoms in total. The molecule has 1 aliphatic rings. The summed E-state index contributed by atoms with van der Waals surface area (Å²) in [7, 11) is 0. The van der Waals surface area contributed by atoms with Gasteiger partial charge in [0, 0.05) is 12.3 Å². The molecule has 0 aliphatic heterocycles. The second kappa shape index (κ2) is 3.70. The molecule has 15 heavy (non-hydrogen) atoms. The lowest BCUT2D eigenvalue weighted by Crippen LogP contribution is -2.32. The maximum absolute atomic E-state index is 10.5. The molecule has 1 aliphatic carbocycles. The van der Waals surface area contributed by atoms with Gasteiger partial charge in [-0.15, -0.1) is 0 Å². The van der Waals surface area contributed by atoms with Crippen molar-refractivity contribution < 1.29 is 14.3 Å². The molecule has 0 saturated heterocycles. The Morgan fingerprint density at radius 2 is 2.40 bits per heavy atom. The lowest BCUT2D eigenvalue weighted by molar-refractivity contribution is -0.138. The van der Waals surface area contributed by atoms with Gasteiger partial charge in [-0.2, -0.15) is 0 Å². The van der Waals surface area contributed by atoms with Gasteiger partial charge in [0.25, 0.3) is 0 Å². The molecule has 0 amide bonds. The first kappa shape index (κ1) is 10.2. The fraction of sp³-hybridized carbons (Fsp3) is 0.545. The zero-order valence-electron chi connectivity index (χ0n) is 8.64. The van der Waals surface area contributed by atoms with Crippen molar-refractivity contribution in [2.24, 2.45) is 11.7 Å². The number of rotatable bonds is 4. The fourth-order valence-electron chi connectivity index (χ4n) is 1.73. The van der Waals surface area contributed by atoms with Gasteiger partial charge in [-0.3, -0.25) is 4.79 Å². The minimum atomic E-state index is -0.993. The third-order valence-electron chi connectivity index (χ3n) is 2.90. The summed E-state index contributed by atoms with van der Waals surface area (Å²) in [4.78, 5) is 10.5. The number of furan rings is 1. The highest BCUT2D eigenvalue weighted by molar-refractivity contribution is 5.73. The normalized spacial score (nSPS) is 26.3. The van der Waals surface area contributed by atoms with Crippen molar-refractivity contribution in [2.75, 3.05) is 0 Å². The standard InChI is InChI=1S/C11H15NO3/c1-6-4-8(6)10-3-2-7(15-10)5-9(12)11(13)14/h2-3,6,8-9H,4-5,12H2,1H3,(H,13,14). The average molecular weight is 209 g/mol. The number of hydrogen-bond acceptors (Lipinski definition) is 3. The fourth-order valence-corrected chi connectivity index (χ4v) is 1.73. The van der Waals surface area contributed by atoms with Crippen molar-refractivity contribution in [1.29, 1.82) is 0 Å². The van der Waals surface area contributed by atoms with Gasteiger partial charge in [0.05, 0.1) is 0 Å². The number of carboxylic acids is 1. The van der Waals surface area contributed by atoms with Crippen LogP contribution in [0.15, 0.2) is 16.5 Å². The SMILES string of the molecule is CC1CC1c1ccc(CC(N)C(=O)O)o1. The van der Waals surface area contributed by atoms with E-state index in [1.807, 2.05) is 12.1 Å². The molecule has 0 bridgehead atoms. The molecule has 3 atom stereocenters. The van der Waals surface area contributed by atoms with Gasteiger partial charge in [0.1, 0.15) is 17.6 Å². The molecule has 1 aromatic heterocycles. The van der Waals surface area contributed by atoms with Crippen molar-refractivity contribution in [1.82, 2.24) is 0 Å². The first-order chi connectivity index (χ1) is 7.08. The van der Waals surface area contributed by atoms with Gasteiger partial charge in [0.2, 0.25) is 0 Å². The Morgan fingerprint density at radius 1 is 1.73 bits per heavy atom.